The standard InChI is InChI=1S/C15H19N3/c1-12-15(7-5-9-17-12)11-18(3)13(2)14-6-4-8-16-10-14/h4-10,13H,11H2,1-3H3. The molecule has 0 aliphatic heterocycles. The zero-order valence-corrected chi connectivity index (χ0v) is 11.2. The van der Waals surface area contributed by atoms with E-state index in [1.807, 2.05) is 30.7 Å². The molecule has 1 atom stereocenters. The van der Waals surface area contributed by atoms with Crippen LogP contribution in [0.2, 0.25) is 0 Å². The summed E-state index contributed by atoms with van der Waals surface area (Å²) >= 11 is 0. The summed E-state index contributed by atoms with van der Waals surface area (Å²) in [4.78, 5) is 10.8. The number of hydrogen-bond donors (Lipinski definition) is 0. The molecular formula is C15H19N3. The first kappa shape index (κ1) is 12.7. The molecule has 1 unspecified atom stereocenters. The number of aromatic nitrogens is 2. The van der Waals surface area contributed by atoms with E-state index in [1.165, 1.54) is 11.1 Å². The molecule has 0 aromatic carbocycles. The first-order chi connectivity index (χ1) is 8.68. The fraction of sp³-hybridized carbons (Fsp3) is 0.333. The Hall–Kier alpha value is -1.74. The summed E-state index contributed by atoms with van der Waals surface area (Å²) in [5, 5.41) is 0. The van der Waals surface area contributed by atoms with E-state index in [9.17, 15) is 0 Å². The molecule has 0 N–H and O–H groups in total. The van der Waals surface area contributed by atoms with Crippen molar-refractivity contribution >= 4 is 0 Å². The quantitative estimate of drug-likeness (QED) is 0.824. The van der Waals surface area contributed by atoms with Gasteiger partial charge in [-0.25, -0.2) is 0 Å². The van der Waals surface area contributed by atoms with Gasteiger partial charge in [-0.05, 0) is 44.2 Å². The van der Waals surface area contributed by atoms with E-state index in [0.717, 1.165) is 12.2 Å². The second-order valence-electron chi connectivity index (χ2n) is 4.63. The summed E-state index contributed by atoms with van der Waals surface area (Å²) in [6.07, 6.45) is 5.57. The second kappa shape index (κ2) is 5.74. The van der Waals surface area contributed by atoms with Crippen molar-refractivity contribution in [2.24, 2.45) is 0 Å². The first-order valence-electron chi connectivity index (χ1n) is 6.19. The molecule has 2 rings (SSSR count). The lowest BCUT2D eigenvalue weighted by molar-refractivity contribution is 0.252. The summed E-state index contributed by atoms with van der Waals surface area (Å²) in [5.74, 6) is 0. The third-order valence-electron chi connectivity index (χ3n) is 3.36. The zero-order chi connectivity index (χ0) is 13.0. The van der Waals surface area contributed by atoms with Gasteiger partial charge in [-0.3, -0.25) is 14.9 Å². The molecule has 0 bridgehead atoms. The molecular weight excluding hydrogens is 222 g/mol. The molecule has 94 valence electrons. The van der Waals surface area contributed by atoms with Crippen LogP contribution in [0.1, 0.15) is 29.8 Å². The maximum absolute atomic E-state index is 4.33. The van der Waals surface area contributed by atoms with Crippen molar-refractivity contribution in [1.82, 2.24) is 14.9 Å². The predicted octanol–water partition coefficient (Wildman–Crippen LogP) is 2.98. The molecule has 2 heterocycles. The molecule has 0 amide bonds. The topological polar surface area (TPSA) is 29.0 Å². The minimum atomic E-state index is 0.346. The molecule has 0 aliphatic rings. The Morgan fingerprint density at radius 1 is 1.22 bits per heavy atom. The van der Waals surface area contributed by atoms with Gasteiger partial charge in [0.25, 0.3) is 0 Å². The summed E-state index contributed by atoms with van der Waals surface area (Å²) in [7, 11) is 2.13. The van der Waals surface area contributed by atoms with E-state index in [0.29, 0.717) is 6.04 Å². The van der Waals surface area contributed by atoms with E-state index in [2.05, 4.69) is 47.9 Å². The van der Waals surface area contributed by atoms with E-state index < -0.39 is 0 Å². The molecule has 0 fully saturated rings. The molecule has 0 saturated heterocycles. The molecule has 3 heteroatoms. The van der Waals surface area contributed by atoms with Crippen LogP contribution in [0.4, 0.5) is 0 Å². The van der Waals surface area contributed by atoms with Crippen LogP contribution in [0.15, 0.2) is 42.9 Å². The monoisotopic (exact) mass is 241 g/mol. The van der Waals surface area contributed by atoms with Crippen LogP contribution in [0, 0.1) is 6.92 Å². The number of pyridine rings is 2. The van der Waals surface area contributed by atoms with Crippen molar-refractivity contribution < 1.29 is 0 Å². The van der Waals surface area contributed by atoms with Gasteiger partial charge >= 0.3 is 0 Å². The Kier molecular flexibility index (Phi) is 4.05. The third-order valence-corrected chi connectivity index (χ3v) is 3.36. The fourth-order valence-electron chi connectivity index (χ4n) is 1.97. The van der Waals surface area contributed by atoms with Gasteiger partial charge in [-0.15, -0.1) is 0 Å². The Bertz CT molecular complexity index is 496. The second-order valence-corrected chi connectivity index (χ2v) is 4.63. The van der Waals surface area contributed by atoms with E-state index >= 15 is 0 Å². The van der Waals surface area contributed by atoms with Crippen LogP contribution < -0.4 is 0 Å². The number of aryl methyl sites for hydroxylation is 1. The summed E-state index contributed by atoms with van der Waals surface area (Å²) in [6.45, 7) is 5.15. The first-order valence-corrected chi connectivity index (χ1v) is 6.19. The van der Waals surface area contributed by atoms with Crippen LogP contribution in [0.25, 0.3) is 0 Å². The third kappa shape index (κ3) is 2.93. The van der Waals surface area contributed by atoms with Crippen molar-refractivity contribution in [3.8, 4) is 0 Å². The highest BCUT2D eigenvalue weighted by molar-refractivity contribution is 5.19. The summed E-state index contributed by atoms with van der Waals surface area (Å²) in [6, 6.07) is 8.57. The summed E-state index contributed by atoms with van der Waals surface area (Å²) in [5.41, 5.74) is 3.61. The zero-order valence-electron chi connectivity index (χ0n) is 11.2. The Morgan fingerprint density at radius 3 is 2.67 bits per heavy atom. The van der Waals surface area contributed by atoms with Crippen LogP contribution in [-0.2, 0) is 6.54 Å². The number of hydrogen-bond acceptors (Lipinski definition) is 3. The lowest BCUT2D eigenvalue weighted by atomic mass is 10.1. The molecule has 0 saturated carbocycles. The van der Waals surface area contributed by atoms with Gasteiger partial charge in [-0.2, -0.15) is 0 Å². The van der Waals surface area contributed by atoms with Gasteiger partial charge in [0.15, 0.2) is 0 Å². The van der Waals surface area contributed by atoms with Gasteiger partial charge in [0, 0.05) is 36.9 Å². The molecule has 0 radical (unpaired) electrons. The number of rotatable bonds is 4. The van der Waals surface area contributed by atoms with E-state index in [4.69, 9.17) is 0 Å². The highest BCUT2D eigenvalue weighted by Crippen LogP contribution is 2.20. The maximum Gasteiger partial charge on any atom is 0.0417 e. The number of nitrogens with zero attached hydrogens (tertiary/aromatic N) is 3. The van der Waals surface area contributed by atoms with Crippen molar-refractivity contribution in [1.29, 1.82) is 0 Å². The van der Waals surface area contributed by atoms with Gasteiger partial charge < -0.3 is 0 Å². The average Bonchev–Trinajstić information content (AvgIpc) is 2.41. The highest BCUT2D eigenvalue weighted by Gasteiger charge is 2.12. The van der Waals surface area contributed by atoms with Gasteiger partial charge in [0.2, 0.25) is 0 Å². The predicted molar refractivity (Wildman–Crippen MR) is 73.1 cm³/mol. The SMILES string of the molecule is Cc1ncccc1CN(C)C(C)c1cccnc1. The van der Waals surface area contributed by atoms with E-state index in [1.54, 1.807) is 0 Å². The van der Waals surface area contributed by atoms with Gasteiger partial charge in [0.05, 0.1) is 0 Å². The van der Waals surface area contributed by atoms with Crippen molar-refractivity contribution in [3.63, 3.8) is 0 Å². The lowest BCUT2D eigenvalue weighted by Crippen LogP contribution is -2.22. The fourth-order valence-corrected chi connectivity index (χ4v) is 1.97. The Labute approximate surface area is 109 Å². The average molecular weight is 241 g/mol. The summed E-state index contributed by atoms with van der Waals surface area (Å²) < 4.78 is 0. The molecule has 18 heavy (non-hydrogen) atoms. The molecule has 2 aromatic heterocycles. The highest BCUT2D eigenvalue weighted by atomic mass is 15.1. The van der Waals surface area contributed by atoms with Crippen LogP contribution in [0.5, 0.6) is 0 Å². The van der Waals surface area contributed by atoms with Crippen LogP contribution in [-0.4, -0.2) is 21.9 Å². The Morgan fingerprint density at radius 2 is 2.00 bits per heavy atom. The Balaban J connectivity index is 2.09. The van der Waals surface area contributed by atoms with Crippen molar-refractivity contribution in [2.75, 3.05) is 7.05 Å². The minimum Gasteiger partial charge on any atom is -0.295 e. The molecule has 0 spiro atoms. The van der Waals surface area contributed by atoms with Crippen molar-refractivity contribution in [3.05, 3.63) is 59.7 Å². The minimum absolute atomic E-state index is 0.346. The normalized spacial score (nSPS) is 12.7. The maximum atomic E-state index is 4.33. The van der Waals surface area contributed by atoms with E-state index in [-0.39, 0.29) is 0 Å². The molecule has 2 aromatic rings. The molecule has 0 aliphatic carbocycles. The van der Waals surface area contributed by atoms with Crippen molar-refractivity contribution in [2.45, 2.75) is 26.4 Å². The smallest absolute Gasteiger partial charge is 0.0417 e. The van der Waals surface area contributed by atoms with Crippen LogP contribution in [0.3, 0.4) is 0 Å². The largest absolute Gasteiger partial charge is 0.295 e. The lowest BCUT2D eigenvalue weighted by Gasteiger charge is -2.25. The van der Waals surface area contributed by atoms with Gasteiger partial charge in [-0.1, -0.05) is 12.1 Å². The van der Waals surface area contributed by atoms with Crippen LogP contribution >= 0.6 is 0 Å². The van der Waals surface area contributed by atoms with Gasteiger partial charge in [0.1, 0.15) is 0 Å². The molecule has 3 nitrogen and oxygen atoms in total.